The molecule has 0 radical (unpaired) electrons. The van der Waals surface area contributed by atoms with Crippen LogP contribution in [0.1, 0.15) is 73.1 Å². The van der Waals surface area contributed by atoms with E-state index in [9.17, 15) is 4.79 Å². The predicted molar refractivity (Wildman–Crippen MR) is 70.8 cm³/mol. The SMILES string of the molecule is CCC(C)C(=O)OC1(C(C)(C)C)CCCCC1. The summed E-state index contributed by atoms with van der Waals surface area (Å²) in [6.07, 6.45) is 6.56. The molecular weight excluding hydrogens is 212 g/mol. The third kappa shape index (κ3) is 3.23. The highest BCUT2D eigenvalue weighted by Gasteiger charge is 2.46. The van der Waals surface area contributed by atoms with E-state index in [1.54, 1.807) is 0 Å². The number of hydrogen-bond acceptors (Lipinski definition) is 2. The number of hydrogen-bond donors (Lipinski definition) is 0. The molecule has 1 rings (SSSR count). The van der Waals surface area contributed by atoms with Gasteiger partial charge in [-0.2, -0.15) is 0 Å². The summed E-state index contributed by atoms with van der Waals surface area (Å²) in [7, 11) is 0. The number of carbonyl (C=O) groups is 1. The standard InChI is InChI=1S/C15H28O2/c1-6-12(2)13(16)17-15(14(3,4)5)10-8-7-9-11-15/h12H,6-11H2,1-5H3. The van der Waals surface area contributed by atoms with Crippen molar-refractivity contribution in [3.8, 4) is 0 Å². The van der Waals surface area contributed by atoms with Gasteiger partial charge in [-0.1, -0.05) is 41.0 Å². The highest BCUT2D eigenvalue weighted by atomic mass is 16.6. The van der Waals surface area contributed by atoms with Crippen LogP contribution in [0.2, 0.25) is 0 Å². The van der Waals surface area contributed by atoms with E-state index in [0.717, 1.165) is 19.3 Å². The van der Waals surface area contributed by atoms with Crippen LogP contribution in [-0.2, 0) is 9.53 Å². The van der Waals surface area contributed by atoms with Crippen molar-refractivity contribution in [2.45, 2.75) is 78.7 Å². The average molecular weight is 240 g/mol. The second-order valence-corrected chi connectivity index (χ2v) is 6.54. The quantitative estimate of drug-likeness (QED) is 0.686. The Morgan fingerprint density at radius 1 is 1.24 bits per heavy atom. The van der Waals surface area contributed by atoms with Crippen LogP contribution in [0.15, 0.2) is 0 Å². The maximum Gasteiger partial charge on any atom is 0.309 e. The van der Waals surface area contributed by atoms with Crippen molar-refractivity contribution in [1.29, 1.82) is 0 Å². The van der Waals surface area contributed by atoms with E-state index in [1.807, 2.05) is 13.8 Å². The number of carbonyl (C=O) groups excluding carboxylic acids is 1. The third-order valence-corrected chi connectivity index (χ3v) is 4.34. The topological polar surface area (TPSA) is 26.3 Å². The van der Waals surface area contributed by atoms with Gasteiger partial charge in [-0.25, -0.2) is 0 Å². The molecule has 1 aliphatic rings. The van der Waals surface area contributed by atoms with E-state index in [2.05, 4.69) is 20.8 Å². The molecule has 1 saturated carbocycles. The van der Waals surface area contributed by atoms with Gasteiger partial charge in [0, 0.05) is 5.41 Å². The highest BCUT2D eigenvalue weighted by molar-refractivity contribution is 5.72. The fourth-order valence-corrected chi connectivity index (χ4v) is 2.59. The van der Waals surface area contributed by atoms with Gasteiger partial charge in [-0.3, -0.25) is 4.79 Å². The molecule has 17 heavy (non-hydrogen) atoms. The number of rotatable bonds is 3. The molecule has 0 saturated heterocycles. The first kappa shape index (κ1) is 14.5. The minimum absolute atomic E-state index is 0.00988. The first-order chi connectivity index (χ1) is 7.82. The Balaban J connectivity index is 2.81. The Morgan fingerprint density at radius 3 is 2.18 bits per heavy atom. The van der Waals surface area contributed by atoms with E-state index >= 15 is 0 Å². The summed E-state index contributed by atoms with van der Waals surface area (Å²) in [5, 5.41) is 0. The van der Waals surface area contributed by atoms with Crippen LogP contribution in [-0.4, -0.2) is 11.6 Å². The summed E-state index contributed by atoms with van der Waals surface area (Å²) in [5.41, 5.74) is -0.192. The minimum atomic E-state index is -0.230. The van der Waals surface area contributed by atoms with Gasteiger partial charge in [-0.15, -0.1) is 0 Å². The Hall–Kier alpha value is -0.530. The lowest BCUT2D eigenvalue weighted by molar-refractivity contribution is -0.184. The predicted octanol–water partition coefficient (Wildman–Crippen LogP) is 4.32. The summed E-state index contributed by atoms with van der Waals surface area (Å²) in [6.45, 7) is 10.6. The molecule has 100 valence electrons. The maximum atomic E-state index is 12.1. The highest BCUT2D eigenvalue weighted by Crippen LogP contribution is 2.45. The van der Waals surface area contributed by atoms with Gasteiger partial charge in [0.1, 0.15) is 5.60 Å². The number of ether oxygens (including phenoxy) is 1. The van der Waals surface area contributed by atoms with E-state index in [1.165, 1.54) is 19.3 Å². The van der Waals surface area contributed by atoms with Gasteiger partial charge >= 0.3 is 5.97 Å². The summed E-state index contributed by atoms with van der Waals surface area (Å²) in [6, 6.07) is 0. The largest absolute Gasteiger partial charge is 0.458 e. The molecule has 0 heterocycles. The Morgan fingerprint density at radius 2 is 1.76 bits per heavy atom. The van der Waals surface area contributed by atoms with Crippen molar-refractivity contribution >= 4 is 5.97 Å². The van der Waals surface area contributed by atoms with E-state index in [0.29, 0.717) is 0 Å². The summed E-state index contributed by atoms with van der Waals surface area (Å²) < 4.78 is 5.96. The van der Waals surface area contributed by atoms with Crippen LogP contribution >= 0.6 is 0 Å². The van der Waals surface area contributed by atoms with Crippen LogP contribution in [0.25, 0.3) is 0 Å². The molecule has 0 amide bonds. The molecule has 0 aromatic heterocycles. The molecular formula is C15H28O2. The monoisotopic (exact) mass is 240 g/mol. The maximum absolute atomic E-state index is 12.1. The normalized spacial score (nSPS) is 21.9. The molecule has 0 aromatic rings. The fourth-order valence-electron chi connectivity index (χ4n) is 2.59. The molecule has 0 aromatic carbocycles. The molecule has 1 atom stereocenters. The van der Waals surface area contributed by atoms with Gasteiger partial charge in [0.05, 0.1) is 5.92 Å². The molecule has 1 fully saturated rings. The molecule has 0 N–H and O–H groups in total. The lowest BCUT2D eigenvalue weighted by Gasteiger charge is -2.47. The van der Waals surface area contributed by atoms with E-state index in [-0.39, 0.29) is 22.9 Å². The van der Waals surface area contributed by atoms with Crippen LogP contribution in [0.3, 0.4) is 0 Å². The van der Waals surface area contributed by atoms with Crippen molar-refractivity contribution < 1.29 is 9.53 Å². The first-order valence-electron chi connectivity index (χ1n) is 7.05. The van der Waals surface area contributed by atoms with Crippen molar-refractivity contribution in [2.75, 3.05) is 0 Å². The minimum Gasteiger partial charge on any atom is -0.458 e. The lowest BCUT2D eigenvalue weighted by Crippen LogP contribution is -2.49. The van der Waals surface area contributed by atoms with E-state index < -0.39 is 0 Å². The third-order valence-electron chi connectivity index (χ3n) is 4.34. The Bertz CT molecular complexity index is 257. The van der Waals surface area contributed by atoms with Crippen LogP contribution < -0.4 is 0 Å². The molecule has 2 nitrogen and oxygen atoms in total. The van der Waals surface area contributed by atoms with Crippen LogP contribution in [0.4, 0.5) is 0 Å². The Kier molecular flexibility index (Phi) is 4.62. The van der Waals surface area contributed by atoms with Crippen molar-refractivity contribution in [1.82, 2.24) is 0 Å². The first-order valence-corrected chi connectivity index (χ1v) is 7.05. The Labute approximate surface area is 106 Å². The zero-order valence-corrected chi connectivity index (χ0v) is 12.1. The smallest absolute Gasteiger partial charge is 0.309 e. The zero-order valence-electron chi connectivity index (χ0n) is 12.1. The van der Waals surface area contributed by atoms with Gasteiger partial charge < -0.3 is 4.74 Å². The molecule has 2 heteroatoms. The molecule has 0 bridgehead atoms. The molecule has 1 unspecified atom stereocenters. The summed E-state index contributed by atoms with van der Waals surface area (Å²) in [5.74, 6) is 0.0143. The van der Waals surface area contributed by atoms with Crippen molar-refractivity contribution in [3.05, 3.63) is 0 Å². The van der Waals surface area contributed by atoms with Gasteiger partial charge in [0.25, 0.3) is 0 Å². The van der Waals surface area contributed by atoms with Gasteiger partial charge in [0.2, 0.25) is 0 Å². The molecule has 0 aliphatic heterocycles. The second kappa shape index (κ2) is 5.41. The summed E-state index contributed by atoms with van der Waals surface area (Å²) in [4.78, 5) is 12.1. The second-order valence-electron chi connectivity index (χ2n) is 6.54. The average Bonchev–Trinajstić information content (AvgIpc) is 2.27. The molecule has 0 spiro atoms. The van der Waals surface area contributed by atoms with Crippen molar-refractivity contribution in [3.63, 3.8) is 0 Å². The summed E-state index contributed by atoms with van der Waals surface area (Å²) >= 11 is 0. The van der Waals surface area contributed by atoms with Gasteiger partial charge in [0.15, 0.2) is 0 Å². The fraction of sp³-hybridized carbons (Fsp3) is 0.933. The van der Waals surface area contributed by atoms with Crippen LogP contribution in [0, 0.1) is 11.3 Å². The van der Waals surface area contributed by atoms with Crippen molar-refractivity contribution in [2.24, 2.45) is 11.3 Å². The zero-order chi connectivity index (χ0) is 13.1. The molecule has 1 aliphatic carbocycles. The lowest BCUT2D eigenvalue weighted by atomic mass is 9.68. The number of esters is 1. The van der Waals surface area contributed by atoms with Crippen LogP contribution in [0.5, 0.6) is 0 Å². The van der Waals surface area contributed by atoms with E-state index in [4.69, 9.17) is 4.74 Å². The van der Waals surface area contributed by atoms with Gasteiger partial charge in [-0.05, 0) is 32.1 Å².